The van der Waals surface area contributed by atoms with Crippen LogP contribution in [0.2, 0.25) is 0 Å². The summed E-state index contributed by atoms with van der Waals surface area (Å²) in [6, 6.07) is 24.1. The van der Waals surface area contributed by atoms with E-state index in [9.17, 15) is 4.79 Å². The summed E-state index contributed by atoms with van der Waals surface area (Å²) in [5.41, 5.74) is 6.54. The number of amides is 1. The van der Waals surface area contributed by atoms with Gasteiger partial charge in [0.25, 0.3) is 5.91 Å². The molecule has 4 nitrogen and oxygen atoms in total. The van der Waals surface area contributed by atoms with Gasteiger partial charge in [0.05, 0.1) is 6.21 Å². The van der Waals surface area contributed by atoms with Crippen LogP contribution in [0.5, 0.6) is 0 Å². The van der Waals surface area contributed by atoms with Gasteiger partial charge in [-0.3, -0.25) is 4.79 Å². The Balaban J connectivity index is 1.55. The summed E-state index contributed by atoms with van der Waals surface area (Å²) in [5.74, 6) is -0.222. The molecule has 3 aromatic carbocycles. The van der Waals surface area contributed by atoms with Gasteiger partial charge in [0.2, 0.25) is 0 Å². The zero-order chi connectivity index (χ0) is 20.2. The number of fused-ring (bicyclic) bond motifs is 1. The molecule has 0 radical (unpaired) electrons. The Morgan fingerprint density at radius 2 is 1.59 bits per heavy atom. The number of aromatic nitrogens is 1. The lowest BCUT2D eigenvalue weighted by Gasteiger charge is -2.05. The number of hydrazone groups is 1. The van der Waals surface area contributed by atoms with Crippen molar-refractivity contribution in [3.8, 4) is 0 Å². The Labute approximate surface area is 196 Å². The van der Waals surface area contributed by atoms with Crippen LogP contribution in [0.1, 0.15) is 21.5 Å². The summed E-state index contributed by atoms with van der Waals surface area (Å²) in [4.78, 5) is 12.3. The van der Waals surface area contributed by atoms with Crippen molar-refractivity contribution in [2.45, 2.75) is 6.54 Å². The fraction of sp³-hybridized carbons (Fsp3) is 0.0435. The van der Waals surface area contributed by atoms with Gasteiger partial charge in [0, 0.05) is 41.9 Å². The van der Waals surface area contributed by atoms with Crippen LogP contribution in [0.4, 0.5) is 0 Å². The molecule has 0 aliphatic carbocycles. The number of para-hydroxylation sites is 1. The van der Waals surface area contributed by atoms with Crippen LogP contribution in [0, 0.1) is 7.14 Å². The van der Waals surface area contributed by atoms with Crippen LogP contribution in [0.15, 0.2) is 84.1 Å². The molecule has 1 amide bonds. The van der Waals surface area contributed by atoms with Crippen LogP contribution in [-0.4, -0.2) is 16.7 Å². The third kappa shape index (κ3) is 4.87. The van der Waals surface area contributed by atoms with E-state index < -0.39 is 0 Å². The fourth-order valence-corrected chi connectivity index (χ4v) is 3.84. The van der Waals surface area contributed by atoms with Gasteiger partial charge >= 0.3 is 0 Å². The highest BCUT2D eigenvalue weighted by atomic mass is 127. The quantitative estimate of drug-likeness (QED) is 0.178. The van der Waals surface area contributed by atoms with E-state index in [0.717, 1.165) is 26.6 Å². The fourth-order valence-electron chi connectivity index (χ4n) is 3.12. The van der Waals surface area contributed by atoms with Gasteiger partial charge in [0.15, 0.2) is 0 Å². The van der Waals surface area contributed by atoms with Crippen molar-refractivity contribution in [2.75, 3.05) is 0 Å². The van der Waals surface area contributed by atoms with Crippen molar-refractivity contribution in [1.29, 1.82) is 0 Å². The van der Waals surface area contributed by atoms with E-state index in [4.69, 9.17) is 0 Å². The highest BCUT2D eigenvalue weighted by Gasteiger charge is 2.08. The van der Waals surface area contributed by atoms with Crippen LogP contribution in [0.3, 0.4) is 0 Å². The number of halogens is 2. The predicted molar refractivity (Wildman–Crippen MR) is 134 cm³/mol. The minimum atomic E-state index is -0.222. The summed E-state index contributed by atoms with van der Waals surface area (Å²) in [6.07, 6.45) is 3.78. The Kier molecular flexibility index (Phi) is 6.29. The number of benzene rings is 3. The average molecular weight is 605 g/mol. The molecule has 0 aliphatic heterocycles. The van der Waals surface area contributed by atoms with Crippen molar-refractivity contribution in [3.63, 3.8) is 0 Å². The molecule has 0 aliphatic rings. The van der Waals surface area contributed by atoms with Gasteiger partial charge in [0.1, 0.15) is 0 Å². The minimum absolute atomic E-state index is 0.222. The zero-order valence-corrected chi connectivity index (χ0v) is 19.7. The summed E-state index contributed by atoms with van der Waals surface area (Å²) in [6.45, 7) is 0.778. The van der Waals surface area contributed by atoms with E-state index in [1.807, 2.05) is 24.3 Å². The number of hydrogen-bond acceptors (Lipinski definition) is 2. The first-order chi connectivity index (χ1) is 14.1. The topological polar surface area (TPSA) is 46.4 Å². The summed E-state index contributed by atoms with van der Waals surface area (Å²) < 4.78 is 4.52. The number of hydrogen-bond donors (Lipinski definition) is 1. The van der Waals surface area contributed by atoms with Crippen molar-refractivity contribution in [2.24, 2.45) is 5.10 Å². The van der Waals surface area contributed by atoms with Crippen molar-refractivity contribution in [3.05, 3.63) is 103 Å². The first-order valence-electron chi connectivity index (χ1n) is 9.01. The molecule has 0 saturated heterocycles. The SMILES string of the molecule is O=C(N/N=C\c1cn(Cc2ccc(I)cc2)c2ccccc12)c1ccc(I)cc1. The molecule has 0 saturated carbocycles. The number of carbonyl (C=O) groups is 1. The molecule has 0 spiro atoms. The number of nitrogens with one attached hydrogen (secondary N) is 1. The smallest absolute Gasteiger partial charge is 0.271 e. The second-order valence-corrected chi connectivity index (χ2v) is 9.05. The summed E-state index contributed by atoms with van der Waals surface area (Å²) in [5, 5.41) is 5.28. The maximum atomic E-state index is 12.3. The van der Waals surface area contributed by atoms with Crippen LogP contribution >= 0.6 is 45.2 Å². The molecule has 0 unspecified atom stereocenters. The molecule has 4 aromatic rings. The zero-order valence-electron chi connectivity index (χ0n) is 15.3. The molecular weight excluding hydrogens is 588 g/mol. The van der Waals surface area contributed by atoms with Gasteiger partial charge in [-0.25, -0.2) is 5.43 Å². The van der Waals surface area contributed by atoms with Crippen LogP contribution < -0.4 is 5.43 Å². The Morgan fingerprint density at radius 3 is 2.31 bits per heavy atom. The molecular formula is C23H17I2N3O. The predicted octanol–water partition coefficient (Wildman–Crippen LogP) is 5.66. The van der Waals surface area contributed by atoms with E-state index in [1.54, 1.807) is 18.3 Å². The maximum absolute atomic E-state index is 12.3. The van der Waals surface area contributed by atoms with E-state index in [2.05, 4.69) is 103 Å². The standard InChI is InChI=1S/C23H17I2N3O/c24-19-9-5-16(6-10-19)14-28-15-18(21-3-1-2-4-22(21)28)13-26-27-23(29)17-7-11-20(25)12-8-17/h1-13,15H,14H2,(H,27,29)/b26-13-. The normalized spacial score (nSPS) is 11.2. The highest BCUT2D eigenvalue weighted by Crippen LogP contribution is 2.21. The van der Waals surface area contributed by atoms with Crippen LogP contribution in [-0.2, 0) is 6.54 Å². The van der Waals surface area contributed by atoms with Gasteiger partial charge in [-0.05, 0) is 93.2 Å². The molecule has 29 heavy (non-hydrogen) atoms. The van der Waals surface area contributed by atoms with E-state index in [0.29, 0.717) is 5.56 Å². The lowest BCUT2D eigenvalue weighted by Crippen LogP contribution is -2.17. The lowest BCUT2D eigenvalue weighted by molar-refractivity contribution is 0.0955. The first kappa shape index (κ1) is 20.1. The number of rotatable bonds is 5. The van der Waals surface area contributed by atoms with Crippen molar-refractivity contribution in [1.82, 2.24) is 9.99 Å². The lowest BCUT2D eigenvalue weighted by atomic mass is 10.2. The number of carbonyl (C=O) groups excluding carboxylic acids is 1. The maximum Gasteiger partial charge on any atom is 0.271 e. The molecule has 1 aromatic heterocycles. The summed E-state index contributed by atoms with van der Waals surface area (Å²) in [7, 11) is 0. The molecule has 0 bridgehead atoms. The third-order valence-electron chi connectivity index (χ3n) is 4.56. The van der Waals surface area contributed by atoms with Gasteiger partial charge < -0.3 is 4.57 Å². The Hall–Kier alpha value is -2.20. The molecule has 1 heterocycles. The summed E-state index contributed by atoms with van der Waals surface area (Å²) >= 11 is 4.52. The van der Waals surface area contributed by atoms with E-state index >= 15 is 0 Å². The monoisotopic (exact) mass is 605 g/mol. The molecule has 0 fully saturated rings. The molecule has 4 rings (SSSR count). The third-order valence-corrected chi connectivity index (χ3v) is 6.00. The van der Waals surface area contributed by atoms with Gasteiger partial charge in [-0.1, -0.05) is 30.3 Å². The Morgan fingerprint density at radius 1 is 0.931 bits per heavy atom. The van der Waals surface area contributed by atoms with E-state index in [1.165, 1.54) is 9.13 Å². The van der Waals surface area contributed by atoms with E-state index in [-0.39, 0.29) is 5.91 Å². The van der Waals surface area contributed by atoms with Crippen molar-refractivity contribution >= 4 is 68.2 Å². The largest absolute Gasteiger partial charge is 0.342 e. The molecule has 1 N–H and O–H groups in total. The van der Waals surface area contributed by atoms with Crippen LogP contribution in [0.25, 0.3) is 10.9 Å². The van der Waals surface area contributed by atoms with Gasteiger partial charge in [-0.15, -0.1) is 0 Å². The average Bonchev–Trinajstić information content (AvgIpc) is 3.08. The van der Waals surface area contributed by atoms with Gasteiger partial charge in [-0.2, -0.15) is 5.10 Å². The highest BCUT2D eigenvalue weighted by molar-refractivity contribution is 14.1. The minimum Gasteiger partial charge on any atom is -0.342 e. The number of nitrogens with zero attached hydrogens (tertiary/aromatic N) is 2. The molecule has 6 heteroatoms. The molecule has 144 valence electrons. The first-order valence-corrected chi connectivity index (χ1v) is 11.2. The second-order valence-electron chi connectivity index (χ2n) is 6.56. The molecule has 0 atom stereocenters. The van der Waals surface area contributed by atoms with Crippen molar-refractivity contribution < 1.29 is 4.79 Å². The Bertz CT molecular complexity index is 1180. The second kappa shape index (κ2) is 9.08.